The molecule has 0 unspecified atom stereocenters. The summed E-state index contributed by atoms with van der Waals surface area (Å²) in [5, 5.41) is 9.41. The van der Waals surface area contributed by atoms with Gasteiger partial charge in [0.15, 0.2) is 0 Å². The number of allylic oxidation sites excluding steroid dienone is 2. The predicted octanol–water partition coefficient (Wildman–Crippen LogP) is 6.80. The van der Waals surface area contributed by atoms with Crippen molar-refractivity contribution in [1.82, 2.24) is 0 Å². The molecule has 0 aromatic heterocycles. The third-order valence-corrected chi connectivity index (χ3v) is 4.14. The molecule has 1 N–H and O–H groups in total. The van der Waals surface area contributed by atoms with Crippen LogP contribution in [0.25, 0.3) is 0 Å². The van der Waals surface area contributed by atoms with E-state index in [-0.39, 0.29) is 0 Å². The van der Waals surface area contributed by atoms with Crippen molar-refractivity contribution in [1.29, 1.82) is 0 Å². The van der Waals surface area contributed by atoms with Crippen LogP contribution in [0.5, 0.6) is 5.75 Å². The number of aromatic hydroxyl groups is 1. The zero-order valence-electron chi connectivity index (χ0n) is 14.4. The summed E-state index contributed by atoms with van der Waals surface area (Å²) >= 11 is 0. The Morgan fingerprint density at radius 3 is 2.14 bits per heavy atom. The highest BCUT2D eigenvalue weighted by Gasteiger charge is 1.95. The van der Waals surface area contributed by atoms with E-state index in [0.29, 0.717) is 5.75 Å². The molecule has 0 aliphatic rings. The van der Waals surface area contributed by atoms with Crippen molar-refractivity contribution in [2.75, 3.05) is 0 Å². The van der Waals surface area contributed by atoms with Crippen molar-refractivity contribution in [2.45, 2.75) is 84.0 Å². The Morgan fingerprint density at radius 1 is 0.818 bits per heavy atom. The van der Waals surface area contributed by atoms with Gasteiger partial charge in [0.05, 0.1) is 0 Å². The number of rotatable bonds is 13. The molecule has 0 atom stereocenters. The lowest BCUT2D eigenvalue weighted by atomic mass is 10.0. The van der Waals surface area contributed by atoms with E-state index in [1.807, 2.05) is 12.1 Å². The third kappa shape index (κ3) is 10.5. The second-order valence-corrected chi connectivity index (χ2v) is 6.30. The molecule has 22 heavy (non-hydrogen) atoms. The highest BCUT2D eigenvalue weighted by atomic mass is 16.3. The van der Waals surface area contributed by atoms with Gasteiger partial charge in [0.25, 0.3) is 0 Å². The van der Waals surface area contributed by atoms with Gasteiger partial charge >= 0.3 is 0 Å². The summed E-state index contributed by atoms with van der Waals surface area (Å²) in [5.41, 5.74) is 1.26. The summed E-state index contributed by atoms with van der Waals surface area (Å²) in [5.74, 6) is 0.388. The molecule has 0 bridgehead atoms. The highest BCUT2D eigenvalue weighted by molar-refractivity contribution is 5.27. The first-order valence-corrected chi connectivity index (χ1v) is 9.26. The van der Waals surface area contributed by atoms with Crippen LogP contribution in [0.3, 0.4) is 0 Å². The minimum absolute atomic E-state index is 0.388. The molecule has 0 spiro atoms. The Bertz CT molecular complexity index is 395. The molecule has 1 rings (SSSR count). The van der Waals surface area contributed by atoms with Crippen molar-refractivity contribution in [3.63, 3.8) is 0 Å². The summed E-state index contributed by atoms with van der Waals surface area (Å²) in [6, 6.07) is 7.65. The average Bonchev–Trinajstić information content (AvgIpc) is 2.52. The maximum Gasteiger partial charge on any atom is 0.115 e. The van der Waals surface area contributed by atoms with Gasteiger partial charge in [-0.25, -0.2) is 0 Å². The summed E-state index contributed by atoms with van der Waals surface area (Å²) in [6.45, 7) is 2.26. The topological polar surface area (TPSA) is 20.2 Å². The Morgan fingerprint density at radius 2 is 1.45 bits per heavy atom. The van der Waals surface area contributed by atoms with Gasteiger partial charge in [-0.15, -0.1) is 0 Å². The molecule has 0 heterocycles. The molecule has 0 fully saturated rings. The standard InChI is InChI=1S/C21H34O/c1-2-3-4-5-6-7-8-9-10-11-12-13-14-16-20-17-15-18-21(22)19-20/h7-8,15,17-19,22H,2-6,9-14,16H2,1H3. The van der Waals surface area contributed by atoms with E-state index in [0.717, 1.165) is 6.42 Å². The molecule has 1 aromatic rings. The first-order chi connectivity index (χ1) is 10.8. The fourth-order valence-electron chi connectivity index (χ4n) is 2.76. The minimum atomic E-state index is 0.388. The van der Waals surface area contributed by atoms with Crippen LogP contribution in [0.15, 0.2) is 36.4 Å². The van der Waals surface area contributed by atoms with E-state index in [2.05, 4.69) is 25.1 Å². The Kier molecular flexibility index (Phi) is 11.5. The van der Waals surface area contributed by atoms with Gasteiger partial charge in [0.1, 0.15) is 5.75 Å². The van der Waals surface area contributed by atoms with Crippen LogP contribution in [0.1, 0.15) is 83.1 Å². The summed E-state index contributed by atoms with van der Waals surface area (Å²) in [6.07, 6.45) is 20.4. The first kappa shape index (κ1) is 18.8. The zero-order valence-corrected chi connectivity index (χ0v) is 14.4. The molecule has 0 radical (unpaired) electrons. The lowest BCUT2D eigenvalue weighted by Gasteiger charge is -2.02. The van der Waals surface area contributed by atoms with Crippen molar-refractivity contribution in [3.8, 4) is 5.75 Å². The fraction of sp³-hybridized carbons (Fsp3) is 0.619. The van der Waals surface area contributed by atoms with Gasteiger partial charge in [0.2, 0.25) is 0 Å². The van der Waals surface area contributed by atoms with Gasteiger partial charge in [-0.1, -0.05) is 69.7 Å². The number of phenolic OH excluding ortho intramolecular Hbond substituents is 1. The summed E-state index contributed by atoms with van der Waals surface area (Å²) in [7, 11) is 0. The van der Waals surface area contributed by atoms with Crippen LogP contribution in [0, 0.1) is 0 Å². The number of benzene rings is 1. The number of hydrogen-bond acceptors (Lipinski definition) is 1. The molecular weight excluding hydrogens is 268 g/mol. The summed E-state index contributed by atoms with van der Waals surface area (Å²) in [4.78, 5) is 0. The molecule has 1 nitrogen and oxygen atoms in total. The number of hydrogen-bond donors (Lipinski definition) is 1. The van der Waals surface area contributed by atoms with E-state index >= 15 is 0 Å². The zero-order chi connectivity index (χ0) is 15.9. The molecule has 0 aliphatic carbocycles. The summed E-state index contributed by atoms with van der Waals surface area (Å²) < 4.78 is 0. The van der Waals surface area contributed by atoms with Crippen LogP contribution < -0.4 is 0 Å². The second kappa shape index (κ2) is 13.4. The minimum Gasteiger partial charge on any atom is -0.508 e. The molecule has 0 amide bonds. The van der Waals surface area contributed by atoms with Crippen LogP contribution in [0.4, 0.5) is 0 Å². The van der Waals surface area contributed by atoms with Crippen LogP contribution >= 0.6 is 0 Å². The lowest BCUT2D eigenvalue weighted by molar-refractivity contribution is 0.474. The van der Waals surface area contributed by atoms with Gasteiger partial charge in [-0.3, -0.25) is 0 Å². The van der Waals surface area contributed by atoms with E-state index < -0.39 is 0 Å². The van der Waals surface area contributed by atoms with E-state index in [1.54, 1.807) is 6.07 Å². The molecular formula is C21H34O. The molecule has 0 saturated heterocycles. The fourth-order valence-corrected chi connectivity index (χ4v) is 2.76. The van der Waals surface area contributed by atoms with Crippen molar-refractivity contribution in [3.05, 3.63) is 42.0 Å². The van der Waals surface area contributed by atoms with E-state index in [9.17, 15) is 5.11 Å². The lowest BCUT2D eigenvalue weighted by Crippen LogP contribution is -1.86. The molecule has 124 valence electrons. The maximum atomic E-state index is 9.41. The average molecular weight is 303 g/mol. The maximum absolute atomic E-state index is 9.41. The van der Waals surface area contributed by atoms with Crippen molar-refractivity contribution in [2.24, 2.45) is 0 Å². The normalized spacial score (nSPS) is 11.3. The molecule has 0 aliphatic heterocycles. The Labute approximate surface area is 137 Å². The SMILES string of the molecule is CCCCCCC=CCCCCCCCc1cccc(O)c1. The number of aryl methyl sites for hydroxylation is 1. The Balaban J connectivity index is 1.86. The first-order valence-electron chi connectivity index (χ1n) is 9.26. The smallest absolute Gasteiger partial charge is 0.115 e. The van der Waals surface area contributed by atoms with Gasteiger partial charge in [-0.2, -0.15) is 0 Å². The Hall–Kier alpha value is -1.24. The van der Waals surface area contributed by atoms with Crippen LogP contribution in [-0.2, 0) is 6.42 Å². The third-order valence-electron chi connectivity index (χ3n) is 4.14. The van der Waals surface area contributed by atoms with Crippen LogP contribution in [-0.4, -0.2) is 5.11 Å². The number of unbranched alkanes of at least 4 members (excludes halogenated alkanes) is 9. The monoisotopic (exact) mass is 302 g/mol. The molecule has 1 aromatic carbocycles. The number of phenols is 1. The van der Waals surface area contributed by atoms with Crippen LogP contribution in [0.2, 0.25) is 0 Å². The molecule has 0 saturated carbocycles. The van der Waals surface area contributed by atoms with E-state index in [1.165, 1.54) is 76.2 Å². The van der Waals surface area contributed by atoms with Crippen molar-refractivity contribution >= 4 is 0 Å². The second-order valence-electron chi connectivity index (χ2n) is 6.30. The van der Waals surface area contributed by atoms with Gasteiger partial charge in [-0.05, 0) is 56.2 Å². The quantitative estimate of drug-likeness (QED) is 0.314. The van der Waals surface area contributed by atoms with Gasteiger partial charge in [0, 0.05) is 0 Å². The molecule has 1 heteroatoms. The largest absolute Gasteiger partial charge is 0.508 e. The van der Waals surface area contributed by atoms with Crippen molar-refractivity contribution < 1.29 is 5.11 Å². The predicted molar refractivity (Wildman–Crippen MR) is 97.4 cm³/mol. The van der Waals surface area contributed by atoms with E-state index in [4.69, 9.17) is 0 Å². The van der Waals surface area contributed by atoms with Gasteiger partial charge < -0.3 is 5.11 Å². The highest BCUT2D eigenvalue weighted by Crippen LogP contribution is 2.14.